The summed E-state index contributed by atoms with van der Waals surface area (Å²) in [6, 6.07) is 1.23. The largest absolute Gasteiger partial charge is 0.413 e. The number of fused-ring (bicyclic) bond motifs is 1. The van der Waals surface area contributed by atoms with Gasteiger partial charge in [-0.25, -0.2) is 0 Å². The quantitative estimate of drug-likeness (QED) is 0.747. The fraction of sp³-hybridized carbons (Fsp3) is 0.647. The number of alkyl halides is 3. The lowest BCUT2D eigenvalue weighted by Crippen LogP contribution is -2.55. The molecule has 9 nitrogen and oxygen atoms in total. The number of halogens is 3. The Morgan fingerprint density at radius 3 is 2.72 bits per heavy atom. The van der Waals surface area contributed by atoms with Crippen molar-refractivity contribution < 1.29 is 22.4 Å². The molecule has 1 saturated heterocycles. The number of aromatic nitrogens is 4. The lowest BCUT2D eigenvalue weighted by molar-refractivity contribution is -0.182. The van der Waals surface area contributed by atoms with Crippen molar-refractivity contribution in [1.82, 2.24) is 19.7 Å². The van der Waals surface area contributed by atoms with Crippen LogP contribution in [0, 0.1) is 6.92 Å². The summed E-state index contributed by atoms with van der Waals surface area (Å²) in [6.07, 6.45) is -4.62. The molecule has 2 atom stereocenters. The topological polar surface area (TPSA) is 89.5 Å². The van der Waals surface area contributed by atoms with Gasteiger partial charge in [0.2, 0.25) is 11.8 Å². The highest BCUT2D eigenvalue weighted by Crippen LogP contribution is 2.44. The maximum Gasteiger partial charge on any atom is 0.413 e. The Bertz CT molecular complexity index is 974. The summed E-state index contributed by atoms with van der Waals surface area (Å²) in [4.78, 5) is 24.1. The van der Waals surface area contributed by atoms with Crippen LogP contribution in [0.2, 0.25) is 0 Å². The Hall–Kier alpha value is -2.63. The Balaban J connectivity index is 1.80. The van der Waals surface area contributed by atoms with Gasteiger partial charge in [0.15, 0.2) is 11.4 Å². The molecule has 2 aromatic heterocycles. The third kappa shape index (κ3) is 3.24. The van der Waals surface area contributed by atoms with E-state index in [1.807, 2.05) is 11.8 Å². The number of hydrogen-bond donors (Lipinski definition) is 0. The van der Waals surface area contributed by atoms with E-state index < -0.39 is 23.8 Å². The van der Waals surface area contributed by atoms with Crippen LogP contribution >= 0.6 is 0 Å². The number of ether oxygens (including phenoxy) is 1. The number of aryl methyl sites for hydroxylation is 1. The SMILES string of the molecule is Cc1noc(CN2c3nc(N4CCOC[C@H]4C)cc(=O)n3C[C@@]2(C)C(F)(F)F)n1. The van der Waals surface area contributed by atoms with E-state index >= 15 is 0 Å². The predicted octanol–water partition coefficient (Wildman–Crippen LogP) is 1.50. The van der Waals surface area contributed by atoms with Crippen molar-refractivity contribution in [2.45, 2.75) is 51.6 Å². The van der Waals surface area contributed by atoms with Crippen LogP contribution in [0.25, 0.3) is 0 Å². The molecular weight excluding hydrogens is 393 g/mol. The van der Waals surface area contributed by atoms with Gasteiger partial charge in [0.1, 0.15) is 12.4 Å². The third-order valence-electron chi connectivity index (χ3n) is 5.41. The molecule has 29 heavy (non-hydrogen) atoms. The van der Waals surface area contributed by atoms with Gasteiger partial charge in [-0.05, 0) is 20.8 Å². The highest BCUT2D eigenvalue weighted by atomic mass is 19.4. The van der Waals surface area contributed by atoms with Crippen LogP contribution in [-0.2, 0) is 17.8 Å². The first kappa shape index (κ1) is 19.7. The molecule has 0 saturated carbocycles. The molecule has 4 heterocycles. The van der Waals surface area contributed by atoms with Crippen molar-refractivity contribution in [2.75, 3.05) is 29.6 Å². The lowest BCUT2D eigenvalue weighted by Gasteiger charge is -2.36. The molecule has 0 spiro atoms. The van der Waals surface area contributed by atoms with Crippen molar-refractivity contribution in [3.05, 3.63) is 28.1 Å². The lowest BCUT2D eigenvalue weighted by atomic mass is 10.0. The zero-order chi connectivity index (χ0) is 21.0. The highest BCUT2D eigenvalue weighted by molar-refractivity contribution is 5.50. The Kier molecular flexibility index (Phi) is 4.56. The predicted molar refractivity (Wildman–Crippen MR) is 95.8 cm³/mol. The summed E-state index contributed by atoms with van der Waals surface area (Å²) in [7, 11) is 0. The Labute approximate surface area is 164 Å². The average molecular weight is 414 g/mol. The van der Waals surface area contributed by atoms with Gasteiger partial charge >= 0.3 is 6.18 Å². The van der Waals surface area contributed by atoms with Crippen molar-refractivity contribution in [2.24, 2.45) is 0 Å². The molecule has 12 heteroatoms. The first-order chi connectivity index (χ1) is 13.6. The second-order valence-corrected chi connectivity index (χ2v) is 7.55. The van der Waals surface area contributed by atoms with Crippen molar-refractivity contribution in [3.8, 4) is 0 Å². The molecule has 0 amide bonds. The van der Waals surface area contributed by atoms with Crippen LogP contribution < -0.4 is 15.4 Å². The van der Waals surface area contributed by atoms with E-state index in [1.165, 1.54) is 6.07 Å². The molecule has 2 aliphatic heterocycles. The molecule has 0 aromatic carbocycles. The van der Waals surface area contributed by atoms with Crippen molar-refractivity contribution >= 4 is 11.8 Å². The molecule has 2 aromatic rings. The molecule has 2 aliphatic rings. The van der Waals surface area contributed by atoms with E-state index in [9.17, 15) is 18.0 Å². The standard InChI is InChI=1S/C17H21F3N6O3/c1-10-8-28-5-4-24(10)12-6-14(27)25-9-16(3,17(18,19)20)26(15(25)22-12)7-13-21-11(2)23-29-13/h6,10H,4-5,7-9H2,1-3H3/t10-,16+/m1/s1. The van der Waals surface area contributed by atoms with Crippen LogP contribution in [0.5, 0.6) is 0 Å². The number of rotatable bonds is 3. The van der Waals surface area contributed by atoms with Crippen LogP contribution in [-0.4, -0.2) is 57.2 Å². The maximum atomic E-state index is 14.0. The summed E-state index contributed by atoms with van der Waals surface area (Å²) in [5.41, 5.74) is -2.88. The molecule has 0 unspecified atom stereocenters. The number of nitrogens with zero attached hydrogens (tertiary/aromatic N) is 6. The molecule has 4 rings (SSSR count). The van der Waals surface area contributed by atoms with Gasteiger partial charge in [-0.1, -0.05) is 5.16 Å². The zero-order valence-corrected chi connectivity index (χ0v) is 16.2. The smallest absolute Gasteiger partial charge is 0.377 e. The van der Waals surface area contributed by atoms with E-state index in [-0.39, 0.29) is 24.4 Å². The number of hydrogen-bond acceptors (Lipinski definition) is 8. The molecule has 0 N–H and O–H groups in total. The Morgan fingerprint density at radius 2 is 2.10 bits per heavy atom. The molecule has 0 bridgehead atoms. The molecule has 0 aliphatic carbocycles. The summed E-state index contributed by atoms with van der Waals surface area (Å²) < 4.78 is 53.6. The van der Waals surface area contributed by atoms with E-state index in [0.29, 0.717) is 31.4 Å². The maximum absolute atomic E-state index is 14.0. The van der Waals surface area contributed by atoms with Gasteiger partial charge in [0.05, 0.1) is 25.8 Å². The number of morpholine rings is 1. The average Bonchev–Trinajstić information content (AvgIpc) is 3.18. The zero-order valence-electron chi connectivity index (χ0n) is 16.2. The van der Waals surface area contributed by atoms with Gasteiger partial charge in [-0.2, -0.15) is 23.1 Å². The fourth-order valence-corrected chi connectivity index (χ4v) is 3.69. The number of anilines is 2. The normalized spacial score (nSPS) is 24.8. The third-order valence-corrected chi connectivity index (χ3v) is 5.41. The second kappa shape index (κ2) is 6.71. The Morgan fingerprint density at radius 1 is 1.34 bits per heavy atom. The second-order valence-electron chi connectivity index (χ2n) is 7.55. The highest BCUT2D eigenvalue weighted by Gasteiger charge is 2.60. The summed E-state index contributed by atoms with van der Waals surface area (Å²) >= 11 is 0. The van der Waals surface area contributed by atoms with Crippen molar-refractivity contribution in [3.63, 3.8) is 0 Å². The van der Waals surface area contributed by atoms with Crippen LogP contribution in [0.15, 0.2) is 15.4 Å². The van der Waals surface area contributed by atoms with E-state index in [2.05, 4.69) is 15.1 Å². The van der Waals surface area contributed by atoms with Gasteiger partial charge in [0.25, 0.3) is 5.56 Å². The molecule has 158 valence electrons. The summed E-state index contributed by atoms with van der Waals surface area (Å²) in [5, 5.41) is 3.64. The molecule has 0 radical (unpaired) electrons. The first-order valence-electron chi connectivity index (χ1n) is 9.20. The van der Waals surface area contributed by atoms with E-state index in [0.717, 1.165) is 16.4 Å². The van der Waals surface area contributed by atoms with E-state index in [1.54, 1.807) is 6.92 Å². The van der Waals surface area contributed by atoms with Crippen molar-refractivity contribution in [1.29, 1.82) is 0 Å². The van der Waals surface area contributed by atoms with Crippen LogP contribution in [0.1, 0.15) is 25.6 Å². The van der Waals surface area contributed by atoms with Gasteiger partial charge in [-0.3, -0.25) is 9.36 Å². The molecule has 1 fully saturated rings. The van der Waals surface area contributed by atoms with Gasteiger partial charge < -0.3 is 19.1 Å². The van der Waals surface area contributed by atoms with Crippen LogP contribution in [0.3, 0.4) is 0 Å². The first-order valence-corrected chi connectivity index (χ1v) is 9.20. The van der Waals surface area contributed by atoms with Gasteiger partial charge in [-0.15, -0.1) is 0 Å². The monoisotopic (exact) mass is 414 g/mol. The van der Waals surface area contributed by atoms with E-state index in [4.69, 9.17) is 9.26 Å². The fourth-order valence-electron chi connectivity index (χ4n) is 3.69. The molecular formula is C17H21F3N6O3. The van der Waals surface area contributed by atoms with Gasteiger partial charge in [0, 0.05) is 12.6 Å². The minimum Gasteiger partial charge on any atom is -0.377 e. The minimum atomic E-state index is -4.62. The minimum absolute atomic E-state index is 0.0193. The van der Waals surface area contributed by atoms with Crippen LogP contribution in [0.4, 0.5) is 24.9 Å². The summed E-state index contributed by atoms with van der Waals surface area (Å²) in [5.74, 6) is 0.594. The summed E-state index contributed by atoms with van der Waals surface area (Å²) in [6.45, 7) is 5.05.